The zero-order valence-electron chi connectivity index (χ0n) is 9.70. The van der Waals surface area contributed by atoms with Crippen LogP contribution in [0.15, 0.2) is 41.0 Å². The van der Waals surface area contributed by atoms with E-state index >= 15 is 0 Å². The quantitative estimate of drug-likeness (QED) is 0.929. The fourth-order valence-corrected chi connectivity index (χ4v) is 1.94. The SMILES string of the molecule is CNc1ccc(Oc2ncc(C)cc2Br)cc1. The van der Waals surface area contributed by atoms with Crippen molar-refractivity contribution in [2.45, 2.75) is 6.92 Å². The molecule has 0 aliphatic heterocycles. The van der Waals surface area contributed by atoms with Crippen LogP contribution in [0.25, 0.3) is 0 Å². The molecule has 0 saturated heterocycles. The summed E-state index contributed by atoms with van der Waals surface area (Å²) in [6, 6.07) is 9.69. The van der Waals surface area contributed by atoms with E-state index in [1.807, 2.05) is 44.3 Å². The highest BCUT2D eigenvalue weighted by Crippen LogP contribution is 2.28. The lowest BCUT2D eigenvalue weighted by Gasteiger charge is -2.07. The van der Waals surface area contributed by atoms with E-state index in [9.17, 15) is 0 Å². The monoisotopic (exact) mass is 292 g/mol. The van der Waals surface area contributed by atoms with Crippen molar-refractivity contribution >= 4 is 21.6 Å². The fraction of sp³-hybridized carbons (Fsp3) is 0.154. The molecule has 0 aliphatic rings. The number of pyridine rings is 1. The van der Waals surface area contributed by atoms with Gasteiger partial charge >= 0.3 is 0 Å². The van der Waals surface area contributed by atoms with E-state index in [1.54, 1.807) is 6.20 Å². The van der Waals surface area contributed by atoms with Crippen molar-refractivity contribution < 1.29 is 4.74 Å². The minimum absolute atomic E-state index is 0.577. The van der Waals surface area contributed by atoms with E-state index in [-0.39, 0.29) is 0 Å². The third-order valence-electron chi connectivity index (χ3n) is 2.30. The molecule has 0 aliphatic carbocycles. The highest BCUT2D eigenvalue weighted by molar-refractivity contribution is 9.10. The summed E-state index contributed by atoms with van der Waals surface area (Å²) in [5, 5.41) is 3.06. The van der Waals surface area contributed by atoms with Gasteiger partial charge in [-0.2, -0.15) is 0 Å². The van der Waals surface area contributed by atoms with Gasteiger partial charge in [-0.15, -0.1) is 0 Å². The smallest absolute Gasteiger partial charge is 0.233 e. The van der Waals surface area contributed by atoms with E-state index in [0.717, 1.165) is 21.5 Å². The van der Waals surface area contributed by atoms with Gasteiger partial charge in [0.2, 0.25) is 5.88 Å². The summed E-state index contributed by atoms with van der Waals surface area (Å²) in [6.07, 6.45) is 1.78. The van der Waals surface area contributed by atoms with Crippen LogP contribution in [-0.2, 0) is 0 Å². The Morgan fingerprint density at radius 2 is 1.94 bits per heavy atom. The molecule has 0 atom stereocenters. The Morgan fingerprint density at radius 1 is 1.24 bits per heavy atom. The molecule has 0 saturated carbocycles. The Balaban J connectivity index is 2.19. The maximum atomic E-state index is 5.68. The molecule has 2 rings (SSSR count). The van der Waals surface area contributed by atoms with Crippen molar-refractivity contribution in [3.05, 3.63) is 46.6 Å². The molecular formula is C13H13BrN2O. The van der Waals surface area contributed by atoms with Crippen LogP contribution in [0.3, 0.4) is 0 Å². The molecule has 0 fully saturated rings. The number of ether oxygens (including phenoxy) is 1. The average molecular weight is 293 g/mol. The third kappa shape index (κ3) is 2.97. The second-order valence-corrected chi connectivity index (χ2v) is 4.53. The van der Waals surface area contributed by atoms with Gasteiger partial charge < -0.3 is 10.1 Å². The Hall–Kier alpha value is -1.55. The summed E-state index contributed by atoms with van der Waals surface area (Å²) < 4.78 is 6.53. The van der Waals surface area contributed by atoms with Crippen molar-refractivity contribution in [1.82, 2.24) is 4.98 Å². The molecule has 3 nitrogen and oxygen atoms in total. The Kier molecular flexibility index (Phi) is 3.64. The van der Waals surface area contributed by atoms with Gasteiger partial charge in [0.1, 0.15) is 5.75 Å². The second kappa shape index (κ2) is 5.19. The lowest BCUT2D eigenvalue weighted by molar-refractivity contribution is 0.459. The summed E-state index contributed by atoms with van der Waals surface area (Å²) in [4.78, 5) is 4.23. The zero-order valence-corrected chi connectivity index (χ0v) is 11.3. The van der Waals surface area contributed by atoms with Gasteiger partial charge in [-0.05, 0) is 58.7 Å². The van der Waals surface area contributed by atoms with E-state index in [0.29, 0.717) is 5.88 Å². The largest absolute Gasteiger partial charge is 0.438 e. The van der Waals surface area contributed by atoms with Gasteiger partial charge in [0.15, 0.2) is 0 Å². The number of anilines is 1. The number of rotatable bonds is 3. The van der Waals surface area contributed by atoms with Crippen molar-refractivity contribution in [3.8, 4) is 11.6 Å². The van der Waals surface area contributed by atoms with Gasteiger partial charge in [0.25, 0.3) is 0 Å². The number of aromatic nitrogens is 1. The topological polar surface area (TPSA) is 34.1 Å². The van der Waals surface area contributed by atoms with Crippen LogP contribution in [-0.4, -0.2) is 12.0 Å². The Labute approximate surface area is 109 Å². The van der Waals surface area contributed by atoms with Crippen LogP contribution in [0.5, 0.6) is 11.6 Å². The van der Waals surface area contributed by atoms with Crippen LogP contribution < -0.4 is 10.1 Å². The number of aryl methyl sites for hydroxylation is 1. The molecule has 1 heterocycles. The molecule has 0 amide bonds. The van der Waals surface area contributed by atoms with Crippen LogP contribution in [0.2, 0.25) is 0 Å². The number of hydrogen-bond acceptors (Lipinski definition) is 3. The average Bonchev–Trinajstić information content (AvgIpc) is 2.34. The predicted molar refractivity (Wildman–Crippen MR) is 72.7 cm³/mol. The highest BCUT2D eigenvalue weighted by Gasteiger charge is 2.04. The Bertz CT molecular complexity index is 511. The van der Waals surface area contributed by atoms with Crippen molar-refractivity contribution in [1.29, 1.82) is 0 Å². The van der Waals surface area contributed by atoms with Crippen molar-refractivity contribution in [3.63, 3.8) is 0 Å². The van der Waals surface area contributed by atoms with E-state index in [2.05, 4.69) is 26.2 Å². The maximum absolute atomic E-state index is 5.68. The van der Waals surface area contributed by atoms with Gasteiger partial charge in [0, 0.05) is 18.9 Å². The lowest BCUT2D eigenvalue weighted by Crippen LogP contribution is -1.91. The van der Waals surface area contributed by atoms with Gasteiger partial charge in [0.05, 0.1) is 4.47 Å². The maximum Gasteiger partial charge on any atom is 0.233 e. The molecule has 1 aromatic carbocycles. The minimum Gasteiger partial charge on any atom is -0.438 e. The number of halogens is 1. The zero-order chi connectivity index (χ0) is 12.3. The van der Waals surface area contributed by atoms with Crippen LogP contribution >= 0.6 is 15.9 Å². The molecule has 0 radical (unpaired) electrons. The molecule has 2 aromatic rings. The predicted octanol–water partition coefficient (Wildman–Crippen LogP) is 3.99. The number of benzene rings is 1. The summed E-state index contributed by atoms with van der Waals surface area (Å²) in [5.74, 6) is 1.34. The summed E-state index contributed by atoms with van der Waals surface area (Å²) in [6.45, 7) is 1.99. The molecular weight excluding hydrogens is 280 g/mol. The van der Waals surface area contributed by atoms with Gasteiger partial charge in [-0.25, -0.2) is 4.98 Å². The molecule has 0 unspecified atom stereocenters. The highest BCUT2D eigenvalue weighted by atomic mass is 79.9. The summed E-state index contributed by atoms with van der Waals surface area (Å²) in [7, 11) is 1.88. The fourth-order valence-electron chi connectivity index (χ4n) is 1.40. The number of nitrogens with zero attached hydrogens (tertiary/aromatic N) is 1. The molecule has 1 aromatic heterocycles. The van der Waals surface area contributed by atoms with E-state index < -0.39 is 0 Å². The van der Waals surface area contributed by atoms with Crippen LogP contribution in [0.4, 0.5) is 5.69 Å². The third-order valence-corrected chi connectivity index (χ3v) is 2.87. The van der Waals surface area contributed by atoms with E-state index in [4.69, 9.17) is 4.74 Å². The first-order chi connectivity index (χ1) is 8.19. The Morgan fingerprint density at radius 3 is 2.53 bits per heavy atom. The van der Waals surface area contributed by atoms with Gasteiger partial charge in [-0.3, -0.25) is 0 Å². The van der Waals surface area contributed by atoms with E-state index in [1.165, 1.54) is 0 Å². The first-order valence-corrected chi connectivity index (χ1v) is 6.06. The van der Waals surface area contributed by atoms with Crippen LogP contribution in [0, 0.1) is 6.92 Å². The molecule has 0 spiro atoms. The molecule has 88 valence electrons. The van der Waals surface area contributed by atoms with Crippen molar-refractivity contribution in [2.75, 3.05) is 12.4 Å². The first kappa shape index (κ1) is 11.9. The molecule has 4 heteroatoms. The molecule has 17 heavy (non-hydrogen) atoms. The molecule has 1 N–H and O–H groups in total. The first-order valence-electron chi connectivity index (χ1n) is 5.27. The number of nitrogens with one attached hydrogen (secondary N) is 1. The standard InChI is InChI=1S/C13H13BrN2O/c1-9-7-12(14)13(16-8-9)17-11-5-3-10(15-2)4-6-11/h3-8,15H,1-2H3. The summed E-state index contributed by atoms with van der Waals surface area (Å²) in [5.41, 5.74) is 2.14. The second-order valence-electron chi connectivity index (χ2n) is 3.68. The summed E-state index contributed by atoms with van der Waals surface area (Å²) >= 11 is 3.43. The minimum atomic E-state index is 0.577. The normalized spacial score (nSPS) is 10.1. The van der Waals surface area contributed by atoms with Crippen LogP contribution in [0.1, 0.15) is 5.56 Å². The van der Waals surface area contributed by atoms with Crippen molar-refractivity contribution in [2.24, 2.45) is 0 Å². The molecule has 0 bridgehead atoms. The van der Waals surface area contributed by atoms with Gasteiger partial charge in [-0.1, -0.05) is 0 Å². The number of hydrogen-bond donors (Lipinski definition) is 1. The lowest BCUT2D eigenvalue weighted by atomic mass is 10.3.